The standard InChI is InChI=1S/C25H36N4O2/c1-27(20-25(30)11-15-29(21-25)24-10-3-4-12-26-24)19-22-8-7-9-23(18-22)31-17-16-28-13-5-2-6-14-28/h3-4,7-10,12,18,30H,2,5-6,11,13-17,19-21H2,1H3. The van der Waals surface area contributed by atoms with E-state index in [0.717, 1.165) is 44.2 Å². The predicted molar refractivity (Wildman–Crippen MR) is 125 cm³/mol. The Morgan fingerprint density at radius 1 is 1.10 bits per heavy atom. The number of likely N-dealkylation sites (tertiary alicyclic amines) is 1. The molecule has 2 aliphatic rings. The minimum atomic E-state index is -0.713. The second kappa shape index (κ2) is 10.4. The van der Waals surface area contributed by atoms with Gasteiger partial charge >= 0.3 is 0 Å². The number of β-amino-alcohol motifs (C(OH)–C–C–N with tert-alkyl or cyclic N) is 1. The summed E-state index contributed by atoms with van der Waals surface area (Å²) in [6, 6.07) is 14.3. The maximum absolute atomic E-state index is 11.1. The highest BCUT2D eigenvalue weighted by molar-refractivity contribution is 5.40. The molecule has 168 valence electrons. The molecule has 0 saturated carbocycles. The molecule has 2 aromatic rings. The fourth-order valence-corrected chi connectivity index (χ4v) is 4.80. The normalized spacial score (nSPS) is 22.2. The Labute approximate surface area is 186 Å². The van der Waals surface area contributed by atoms with Gasteiger partial charge in [-0.15, -0.1) is 0 Å². The molecule has 0 bridgehead atoms. The van der Waals surface area contributed by atoms with Crippen molar-refractivity contribution in [2.45, 2.75) is 37.8 Å². The molecule has 31 heavy (non-hydrogen) atoms. The van der Waals surface area contributed by atoms with Crippen molar-refractivity contribution < 1.29 is 9.84 Å². The molecule has 0 spiro atoms. The molecule has 1 aromatic heterocycles. The number of benzene rings is 1. The molecule has 1 unspecified atom stereocenters. The zero-order valence-electron chi connectivity index (χ0n) is 18.7. The van der Waals surface area contributed by atoms with E-state index in [4.69, 9.17) is 4.74 Å². The van der Waals surface area contributed by atoms with Crippen LogP contribution >= 0.6 is 0 Å². The third-order valence-corrected chi connectivity index (χ3v) is 6.35. The van der Waals surface area contributed by atoms with Gasteiger partial charge in [0.1, 0.15) is 18.2 Å². The molecule has 3 heterocycles. The van der Waals surface area contributed by atoms with E-state index in [1.807, 2.05) is 24.3 Å². The minimum absolute atomic E-state index is 0.619. The highest BCUT2D eigenvalue weighted by Gasteiger charge is 2.37. The summed E-state index contributed by atoms with van der Waals surface area (Å²) in [6.45, 7) is 7.03. The highest BCUT2D eigenvalue weighted by atomic mass is 16.5. The van der Waals surface area contributed by atoms with Crippen LogP contribution in [0.2, 0.25) is 0 Å². The number of aromatic nitrogens is 1. The van der Waals surface area contributed by atoms with Gasteiger partial charge in [-0.25, -0.2) is 4.98 Å². The van der Waals surface area contributed by atoms with Gasteiger partial charge in [-0.1, -0.05) is 24.6 Å². The minimum Gasteiger partial charge on any atom is -0.492 e. The topological polar surface area (TPSA) is 52.1 Å². The summed E-state index contributed by atoms with van der Waals surface area (Å²) in [4.78, 5) is 11.3. The summed E-state index contributed by atoms with van der Waals surface area (Å²) in [5.74, 6) is 1.87. The number of rotatable bonds is 9. The maximum Gasteiger partial charge on any atom is 0.128 e. The molecule has 1 aromatic carbocycles. The predicted octanol–water partition coefficient (Wildman–Crippen LogP) is 3.02. The molecule has 1 atom stereocenters. The number of anilines is 1. The highest BCUT2D eigenvalue weighted by Crippen LogP contribution is 2.26. The number of aliphatic hydroxyl groups is 1. The van der Waals surface area contributed by atoms with Gasteiger partial charge in [-0.05, 0) is 69.2 Å². The zero-order valence-corrected chi connectivity index (χ0v) is 18.7. The van der Waals surface area contributed by atoms with Crippen molar-refractivity contribution in [3.63, 3.8) is 0 Å². The lowest BCUT2D eigenvalue weighted by Crippen LogP contribution is -2.43. The average molecular weight is 425 g/mol. The fraction of sp³-hybridized carbons (Fsp3) is 0.560. The Kier molecular flexibility index (Phi) is 7.43. The SMILES string of the molecule is CN(Cc1cccc(OCCN2CCCCC2)c1)CC1(O)CCN(c2ccccn2)C1. The largest absolute Gasteiger partial charge is 0.492 e. The quantitative estimate of drug-likeness (QED) is 0.668. The Morgan fingerprint density at radius 3 is 2.77 bits per heavy atom. The van der Waals surface area contributed by atoms with Crippen molar-refractivity contribution in [2.24, 2.45) is 0 Å². The Morgan fingerprint density at radius 2 is 1.97 bits per heavy atom. The van der Waals surface area contributed by atoms with Crippen LogP contribution in [-0.4, -0.2) is 78.4 Å². The van der Waals surface area contributed by atoms with Gasteiger partial charge in [0.25, 0.3) is 0 Å². The third-order valence-electron chi connectivity index (χ3n) is 6.35. The Bertz CT molecular complexity index is 812. The number of pyridine rings is 1. The molecular formula is C25H36N4O2. The smallest absolute Gasteiger partial charge is 0.128 e. The second-order valence-electron chi connectivity index (χ2n) is 9.15. The number of piperidine rings is 1. The Balaban J connectivity index is 1.24. The van der Waals surface area contributed by atoms with Gasteiger partial charge in [0, 0.05) is 38.9 Å². The molecule has 0 aliphatic carbocycles. The van der Waals surface area contributed by atoms with Crippen LogP contribution in [0.3, 0.4) is 0 Å². The summed E-state index contributed by atoms with van der Waals surface area (Å²) in [7, 11) is 2.07. The van der Waals surface area contributed by atoms with Gasteiger partial charge in [-0.2, -0.15) is 0 Å². The van der Waals surface area contributed by atoms with Crippen LogP contribution < -0.4 is 9.64 Å². The van der Waals surface area contributed by atoms with Crippen LogP contribution in [0, 0.1) is 0 Å². The van der Waals surface area contributed by atoms with Crippen molar-refractivity contribution in [3.05, 3.63) is 54.2 Å². The van der Waals surface area contributed by atoms with Gasteiger partial charge in [0.05, 0.1) is 5.60 Å². The number of nitrogens with zero attached hydrogens (tertiary/aromatic N) is 4. The monoisotopic (exact) mass is 424 g/mol. The van der Waals surface area contributed by atoms with E-state index in [1.54, 1.807) is 6.20 Å². The van der Waals surface area contributed by atoms with Gasteiger partial charge < -0.3 is 14.7 Å². The van der Waals surface area contributed by atoms with Gasteiger partial charge in [-0.3, -0.25) is 9.80 Å². The molecule has 4 rings (SSSR count). The van der Waals surface area contributed by atoms with Crippen molar-refractivity contribution in [3.8, 4) is 5.75 Å². The zero-order chi connectivity index (χ0) is 21.5. The van der Waals surface area contributed by atoms with Gasteiger partial charge in [0.2, 0.25) is 0 Å². The van der Waals surface area contributed by atoms with E-state index in [0.29, 0.717) is 13.1 Å². The lowest BCUT2D eigenvalue weighted by molar-refractivity contribution is 0.0279. The van der Waals surface area contributed by atoms with Crippen LogP contribution in [0.25, 0.3) is 0 Å². The van der Waals surface area contributed by atoms with E-state index >= 15 is 0 Å². The number of hydrogen-bond donors (Lipinski definition) is 1. The van der Waals surface area contributed by atoms with Crippen molar-refractivity contribution in [1.29, 1.82) is 0 Å². The van der Waals surface area contributed by atoms with Crippen LogP contribution in [-0.2, 0) is 6.54 Å². The summed E-state index contributed by atoms with van der Waals surface area (Å²) in [5, 5.41) is 11.1. The van der Waals surface area contributed by atoms with Crippen molar-refractivity contribution in [1.82, 2.24) is 14.8 Å². The summed E-state index contributed by atoms with van der Waals surface area (Å²) in [5.41, 5.74) is 0.496. The second-order valence-corrected chi connectivity index (χ2v) is 9.15. The maximum atomic E-state index is 11.1. The van der Waals surface area contributed by atoms with Crippen LogP contribution in [0.4, 0.5) is 5.82 Å². The van der Waals surface area contributed by atoms with E-state index in [-0.39, 0.29) is 0 Å². The van der Waals surface area contributed by atoms with E-state index in [2.05, 4.69) is 44.9 Å². The van der Waals surface area contributed by atoms with Crippen molar-refractivity contribution in [2.75, 3.05) is 57.8 Å². The fourth-order valence-electron chi connectivity index (χ4n) is 4.80. The summed E-state index contributed by atoms with van der Waals surface area (Å²) < 4.78 is 6.02. The summed E-state index contributed by atoms with van der Waals surface area (Å²) in [6.07, 6.45) is 6.55. The average Bonchev–Trinajstić information content (AvgIpc) is 3.17. The van der Waals surface area contributed by atoms with Crippen molar-refractivity contribution >= 4 is 5.82 Å². The van der Waals surface area contributed by atoms with Gasteiger partial charge in [0.15, 0.2) is 0 Å². The molecule has 0 amide bonds. The Hall–Kier alpha value is -2.15. The third kappa shape index (κ3) is 6.42. The molecule has 2 saturated heterocycles. The molecule has 6 nitrogen and oxygen atoms in total. The molecule has 1 N–H and O–H groups in total. The van der Waals surface area contributed by atoms with E-state index in [9.17, 15) is 5.11 Å². The first-order valence-corrected chi connectivity index (χ1v) is 11.6. The van der Waals surface area contributed by atoms with Crippen LogP contribution in [0.5, 0.6) is 5.75 Å². The van der Waals surface area contributed by atoms with E-state index in [1.165, 1.54) is 37.9 Å². The lowest BCUT2D eigenvalue weighted by atomic mass is 10.0. The first-order valence-electron chi connectivity index (χ1n) is 11.6. The molecule has 0 radical (unpaired) electrons. The number of likely N-dealkylation sites (N-methyl/N-ethyl adjacent to an activating group) is 1. The van der Waals surface area contributed by atoms with Crippen LogP contribution in [0.15, 0.2) is 48.7 Å². The van der Waals surface area contributed by atoms with E-state index < -0.39 is 5.60 Å². The molecule has 6 heteroatoms. The first kappa shape index (κ1) is 22.1. The number of hydrogen-bond acceptors (Lipinski definition) is 6. The molecule has 2 fully saturated rings. The molecular weight excluding hydrogens is 388 g/mol. The summed E-state index contributed by atoms with van der Waals surface area (Å²) >= 11 is 0. The van der Waals surface area contributed by atoms with Crippen LogP contribution in [0.1, 0.15) is 31.2 Å². The first-order chi connectivity index (χ1) is 15.1. The molecule has 2 aliphatic heterocycles. The lowest BCUT2D eigenvalue weighted by Gasteiger charge is -2.29. The number of ether oxygens (including phenoxy) is 1.